The number of ketones is 1. The Kier molecular flexibility index (Phi) is 6.96. The molecule has 0 unspecified atom stereocenters. The largest absolute Gasteiger partial charge is 0.493 e. The SMILES string of the molecule is COc1ccc(C(=O)Cc2c(Cl)cncc2Cl)c(OC)c1OCc1ccccc1. The van der Waals surface area contributed by atoms with E-state index in [1.807, 2.05) is 30.3 Å². The van der Waals surface area contributed by atoms with Crippen LogP contribution in [0.25, 0.3) is 0 Å². The molecule has 0 atom stereocenters. The standard InChI is InChI=1S/C22H19Cl2NO4/c1-27-20-9-8-15(19(26)10-16-17(23)11-25-12-18(16)24)21(28-2)22(20)29-13-14-6-4-3-5-7-14/h3-9,11-12H,10,13H2,1-2H3. The van der Waals surface area contributed by atoms with Gasteiger partial charge in [0, 0.05) is 24.4 Å². The van der Waals surface area contributed by atoms with Crippen LogP contribution < -0.4 is 14.2 Å². The van der Waals surface area contributed by atoms with Crippen molar-refractivity contribution in [2.75, 3.05) is 14.2 Å². The first-order chi connectivity index (χ1) is 14.0. The van der Waals surface area contributed by atoms with E-state index in [4.69, 9.17) is 37.4 Å². The molecule has 3 aromatic rings. The van der Waals surface area contributed by atoms with Crippen molar-refractivity contribution < 1.29 is 19.0 Å². The summed E-state index contributed by atoms with van der Waals surface area (Å²) in [6.07, 6.45) is 2.91. The second-order valence-corrected chi connectivity index (χ2v) is 6.95. The van der Waals surface area contributed by atoms with Crippen LogP contribution in [0.1, 0.15) is 21.5 Å². The maximum atomic E-state index is 13.0. The molecule has 29 heavy (non-hydrogen) atoms. The summed E-state index contributed by atoms with van der Waals surface area (Å²) in [5, 5.41) is 0.665. The highest BCUT2D eigenvalue weighted by atomic mass is 35.5. The van der Waals surface area contributed by atoms with Crippen molar-refractivity contribution in [3.63, 3.8) is 0 Å². The maximum absolute atomic E-state index is 13.0. The minimum Gasteiger partial charge on any atom is -0.493 e. The van der Waals surface area contributed by atoms with Crippen LogP contribution in [0.4, 0.5) is 0 Å². The van der Waals surface area contributed by atoms with E-state index in [0.717, 1.165) is 5.56 Å². The summed E-state index contributed by atoms with van der Waals surface area (Å²) in [5.74, 6) is 0.904. The third kappa shape index (κ3) is 4.81. The number of Topliss-reactive ketones (excluding diaryl/α,β-unsaturated/α-hetero) is 1. The Morgan fingerprint density at radius 3 is 2.24 bits per heavy atom. The van der Waals surface area contributed by atoms with Gasteiger partial charge >= 0.3 is 0 Å². The lowest BCUT2D eigenvalue weighted by Gasteiger charge is -2.17. The molecule has 5 nitrogen and oxygen atoms in total. The smallest absolute Gasteiger partial charge is 0.204 e. The Morgan fingerprint density at radius 2 is 1.62 bits per heavy atom. The molecule has 0 saturated heterocycles. The average Bonchev–Trinajstić information content (AvgIpc) is 2.74. The fourth-order valence-electron chi connectivity index (χ4n) is 2.86. The summed E-state index contributed by atoms with van der Waals surface area (Å²) in [5.41, 5.74) is 1.84. The molecule has 0 fully saturated rings. The minimum atomic E-state index is -0.218. The average molecular weight is 432 g/mol. The number of pyridine rings is 1. The molecular formula is C22H19Cl2NO4. The number of rotatable bonds is 8. The Bertz CT molecular complexity index is 989. The van der Waals surface area contributed by atoms with Crippen molar-refractivity contribution >= 4 is 29.0 Å². The third-order valence-electron chi connectivity index (χ3n) is 4.32. The normalized spacial score (nSPS) is 10.5. The molecule has 1 aromatic heterocycles. The van der Waals surface area contributed by atoms with E-state index in [-0.39, 0.29) is 12.2 Å². The van der Waals surface area contributed by atoms with Gasteiger partial charge in [0.1, 0.15) is 6.61 Å². The zero-order chi connectivity index (χ0) is 20.8. The summed E-state index contributed by atoms with van der Waals surface area (Å²) in [4.78, 5) is 16.9. The first-order valence-corrected chi connectivity index (χ1v) is 9.53. The van der Waals surface area contributed by atoms with Crippen LogP contribution in [0.3, 0.4) is 0 Å². The zero-order valence-corrected chi connectivity index (χ0v) is 17.5. The number of benzene rings is 2. The van der Waals surface area contributed by atoms with Gasteiger partial charge in [-0.2, -0.15) is 0 Å². The van der Waals surface area contributed by atoms with Crippen molar-refractivity contribution in [1.29, 1.82) is 0 Å². The predicted octanol–water partition coefficient (Wildman–Crippen LogP) is 5.41. The molecule has 2 aromatic carbocycles. The first-order valence-electron chi connectivity index (χ1n) is 8.78. The van der Waals surface area contributed by atoms with Gasteiger partial charge < -0.3 is 14.2 Å². The molecule has 0 saturated carbocycles. The number of hydrogen-bond acceptors (Lipinski definition) is 5. The predicted molar refractivity (Wildman–Crippen MR) is 113 cm³/mol. The molecule has 0 N–H and O–H groups in total. The lowest BCUT2D eigenvalue weighted by atomic mass is 10.0. The van der Waals surface area contributed by atoms with Gasteiger partial charge in [0.15, 0.2) is 17.3 Å². The monoisotopic (exact) mass is 431 g/mol. The second kappa shape index (κ2) is 9.63. The van der Waals surface area contributed by atoms with Gasteiger partial charge in [-0.15, -0.1) is 0 Å². The summed E-state index contributed by atoms with van der Waals surface area (Å²) in [6.45, 7) is 0.299. The van der Waals surface area contributed by atoms with E-state index >= 15 is 0 Å². The zero-order valence-electron chi connectivity index (χ0n) is 15.9. The molecule has 0 amide bonds. The van der Waals surface area contributed by atoms with E-state index < -0.39 is 0 Å². The molecule has 0 bridgehead atoms. The van der Waals surface area contributed by atoms with Crippen molar-refractivity contribution in [2.24, 2.45) is 0 Å². The van der Waals surface area contributed by atoms with Crippen LogP contribution >= 0.6 is 23.2 Å². The van der Waals surface area contributed by atoms with Crippen LogP contribution in [0.5, 0.6) is 17.2 Å². The maximum Gasteiger partial charge on any atom is 0.204 e. The highest BCUT2D eigenvalue weighted by molar-refractivity contribution is 6.36. The van der Waals surface area contributed by atoms with E-state index in [9.17, 15) is 4.79 Å². The van der Waals surface area contributed by atoms with Gasteiger partial charge in [-0.3, -0.25) is 9.78 Å². The number of carbonyl (C=O) groups is 1. The van der Waals surface area contributed by atoms with Crippen LogP contribution in [0.2, 0.25) is 10.0 Å². The van der Waals surface area contributed by atoms with Crippen LogP contribution in [-0.4, -0.2) is 25.0 Å². The molecule has 0 radical (unpaired) electrons. The fraction of sp³-hybridized carbons (Fsp3) is 0.182. The fourth-order valence-corrected chi connectivity index (χ4v) is 3.35. The van der Waals surface area contributed by atoms with E-state index in [1.54, 1.807) is 12.1 Å². The number of aromatic nitrogens is 1. The number of hydrogen-bond donors (Lipinski definition) is 0. The number of ether oxygens (including phenoxy) is 3. The van der Waals surface area contributed by atoms with Crippen molar-refractivity contribution in [2.45, 2.75) is 13.0 Å². The molecule has 3 rings (SSSR count). The van der Waals surface area contributed by atoms with Crippen molar-refractivity contribution in [3.05, 3.63) is 81.6 Å². The number of halogens is 2. The van der Waals surface area contributed by atoms with E-state index in [0.29, 0.717) is 45.0 Å². The summed E-state index contributed by atoms with van der Waals surface area (Å²) in [6, 6.07) is 13.0. The van der Waals surface area contributed by atoms with Gasteiger partial charge in [0.25, 0.3) is 0 Å². The first kappa shape index (κ1) is 21.0. The molecule has 150 valence electrons. The summed E-state index contributed by atoms with van der Waals surface area (Å²) >= 11 is 12.3. The lowest BCUT2D eigenvalue weighted by Crippen LogP contribution is -2.09. The number of nitrogens with zero attached hydrogens (tertiary/aromatic N) is 1. The Balaban J connectivity index is 1.93. The molecule has 0 spiro atoms. The Labute approximate surface area is 179 Å². The molecule has 0 aliphatic heterocycles. The molecule has 7 heteroatoms. The van der Waals surface area contributed by atoms with Gasteiger partial charge in [-0.25, -0.2) is 0 Å². The van der Waals surface area contributed by atoms with Gasteiger partial charge in [0.05, 0.1) is 29.8 Å². The molecule has 0 aliphatic carbocycles. The second-order valence-electron chi connectivity index (χ2n) is 6.13. The van der Waals surface area contributed by atoms with Gasteiger partial charge in [-0.1, -0.05) is 53.5 Å². The summed E-state index contributed by atoms with van der Waals surface area (Å²) in [7, 11) is 3.01. The van der Waals surface area contributed by atoms with Gasteiger partial charge in [0.2, 0.25) is 5.75 Å². The van der Waals surface area contributed by atoms with E-state index in [2.05, 4.69) is 4.98 Å². The van der Waals surface area contributed by atoms with Crippen molar-refractivity contribution in [3.8, 4) is 17.2 Å². The van der Waals surface area contributed by atoms with E-state index in [1.165, 1.54) is 26.6 Å². The topological polar surface area (TPSA) is 57.7 Å². The highest BCUT2D eigenvalue weighted by Gasteiger charge is 2.23. The Morgan fingerprint density at radius 1 is 0.931 bits per heavy atom. The lowest BCUT2D eigenvalue weighted by molar-refractivity contribution is 0.0989. The highest BCUT2D eigenvalue weighted by Crippen LogP contribution is 2.41. The molecule has 1 heterocycles. The van der Waals surface area contributed by atoms with Crippen LogP contribution in [0, 0.1) is 0 Å². The minimum absolute atomic E-state index is 0.000993. The number of methoxy groups -OCH3 is 2. The summed E-state index contributed by atoms with van der Waals surface area (Å²) < 4.78 is 16.9. The van der Waals surface area contributed by atoms with Crippen LogP contribution in [0.15, 0.2) is 54.9 Å². The molecular weight excluding hydrogens is 413 g/mol. The number of carbonyl (C=O) groups excluding carboxylic acids is 1. The van der Waals surface area contributed by atoms with Gasteiger partial charge in [-0.05, 0) is 17.7 Å². The Hall–Kier alpha value is -2.76. The van der Waals surface area contributed by atoms with Crippen molar-refractivity contribution in [1.82, 2.24) is 4.98 Å². The quantitative estimate of drug-likeness (QED) is 0.446. The molecule has 0 aliphatic rings. The third-order valence-corrected chi connectivity index (χ3v) is 4.97. The van der Waals surface area contributed by atoms with Crippen LogP contribution in [-0.2, 0) is 13.0 Å².